The Bertz CT molecular complexity index is 1500. The maximum Gasteiger partial charge on any atom is 0.229 e. The highest BCUT2D eigenvalue weighted by Gasteiger charge is 2.32. The van der Waals surface area contributed by atoms with Gasteiger partial charge >= 0.3 is 0 Å². The number of rotatable bonds is 6. The predicted octanol–water partition coefficient (Wildman–Crippen LogP) is 5.09. The second kappa shape index (κ2) is 10.3. The molecule has 0 radical (unpaired) electrons. The molecule has 3 aromatic heterocycles. The van der Waals surface area contributed by atoms with Crippen molar-refractivity contribution in [2.24, 2.45) is 0 Å². The van der Waals surface area contributed by atoms with Crippen LogP contribution >= 0.6 is 11.3 Å². The van der Waals surface area contributed by atoms with Gasteiger partial charge in [0, 0.05) is 43.3 Å². The lowest BCUT2D eigenvalue weighted by Gasteiger charge is -2.39. The lowest BCUT2D eigenvalue weighted by Crippen LogP contribution is -2.52. The van der Waals surface area contributed by atoms with Gasteiger partial charge in [0.1, 0.15) is 28.6 Å². The second-order valence-electron chi connectivity index (χ2n) is 10.7. The van der Waals surface area contributed by atoms with Crippen molar-refractivity contribution in [3.8, 4) is 10.6 Å². The molecule has 0 aliphatic carbocycles. The first-order valence-electron chi connectivity index (χ1n) is 13.9. The summed E-state index contributed by atoms with van der Waals surface area (Å²) < 4.78 is 13.8. The van der Waals surface area contributed by atoms with Gasteiger partial charge in [-0.3, -0.25) is 4.90 Å². The zero-order valence-electron chi connectivity index (χ0n) is 22.6. The number of aromatic nitrogens is 4. The quantitative estimate of drug-likeness (QED) is 0.336. The number of hydrogen-bond acceptors (Lipinski definition) is 8. The van der Waals surface area contributed by atoms with E-state index in [0.717, 1.165) is 73.4 Å². The highest BCUT2D eigenvalue weighted by atomic mass is 32.1. The van der Waals surface area contributed by atoms with Gasteiger partial charge in [0.05, 0.1) is 17.3 Å². The Morgan fingerprint density at radius 3 is 2.59 bits per heavy atom. The van der Waals surface area contributed by atoms with Crippen LogP contribution in [-0.4, -0.2) is 63.4 Å². The zero-order valence-corrected chi connectivity index (χ0v) is 23.4. The molecule has 0 spiro atoms. The van der Waals surface area contributed by atoms with Crippen molar-refractivity contribution in [2.75, 3.05) is 37.9 Å². The fourth-order valence-corrected chi connectivity index (χ4v) is 7.21. The van der Waals surface area contributed by atoms with E-state index >= 15 is 0 Å². The first kappa shape index (κ1) is 24.6. The number of fused-ring (bicyclic) bond motifs is 3. The van der Waals surface area contributed by atoms with E-state index in [1.54, 1.807) is 23.9 Å². The molecule has 0 N–H and O–H groups in total. The van der Waals surface area contributed by atoms with Gasteiger partial charge in [0.2, 0.25) is 6.79 Å². The number of piperazine rings is 1. The summed E-state index contributed by atoms with van der Waals surface area (Å²) >= 11 is 1.78. The lowest BCUT2D eigenvalue weighted by molar-refractivity contribution is 0.0580. The highest BCUT2D eigenvalue weighted by Crippen LogP contribution is 2.42. The molecule has 8 nitrogen and oxygen atoms in total. The number of anilines is 1. The van der Waals surface area contributed by atoms with E-state index in [9.17, 15) is 0 Å². The molecule has 202 valence electrons. The fourth-order valence-electron chi connectivity index (χ4n) is 6.23. The van der Waals surface area contributed by atoms with Crippen LogP contribution in [0.15, 0.2) is 48.7 Å². The molecule has 1 aromatic carbocycles. The number of thiazole rings is 1. The van der Waals surface area contributed by atoms with Crippen LogP contribution in [-0.2, 0) is 28.9 Å². The number of ether oxygens (including phenoxy) is 2. The van der Waals surface area contributed by atoms with Crippen molar-refractivity contribution >= 4 is 28.2 Å². The first-order valence-corrected chi connectivity index (χ1v) is 14.8. The lowest BCUT2D eigenvalue weighted by atomic mass is 10.0. The number of nitrogens with zero attached hydrogens (tertiary/aromatic N) is 6. The third kappa shape index (κ3) is 4.47. The third-order valence-electron chi connectivity index (χ3n) is 8.36. The van der Waals surface area contributed by atoms with Crippen LogP contribution < -0.4 is 4.90 Å². The molecule has 1 atom stereocenters. The molecule has 1 saturated heterocycles. The van der Waals surface area contributed by atoms with E-state index in [-0.39, 0.29) is 6.04 Å². The molecule has 0 amide bonds. The number of benzene rings is 1. The second-order valence-corrected chi connectivity index (χ2v) is 11.9. The van der Waals surface area contributed by atoms with Gasteiger partial charge in [0.15, 0.2) is 11.6 Å². The average molecular weight is 543 g/mol. The fraction of sp³-hybridized carbons (Fsp3) is 0.433. The minimum absolute atomic E-state index is 0.159. The maximum absolute atomic E-state index is 5.88. The molecule has 7 rings (SSSR count). The van der Waals surface area contributed by atoms with E-state index in [1.807, 2.05) is 0 Å². The molecule has 3 aliphatic heterocycles. The Morgan fingerprint density at radius 2 is 1.85 bits per heavy atom. The van der Waals surface area contributed by atoms with Crippen molar-refractivity contribution in [3.05, 3.63) is 70.5 Å². The van der Waals surface area contributed by atoms with E-state index < -0.39 is 0 Å². The topological polar surface area (TPSA) is 68.5 Å². The minimum atomic E-state index is 0.159. The summed E-state index contributed by atoms with van der Waals surface area (Å²) in [5, 5.41) is 1.09. The molecule has 0 saturated carbocycles. The molecule has 3 aliphatic rings. The molecule has 39 heavy (non-hydrogen) atoms. The van der Waals surface area contributed by atoms with Crippen molar-refractivity contribution in [1.29, 1.82) is 0 Å². The van der Waals surface area contributed by atoms with E-state index in [1.165, 1.54) is 40.1 Å². The van der Waals surface area contributed by atoms with Crippen LogP contribution in [0.25, 0.3) is 21.6 Å². The Kier molecular flexibility index (Phi) is 6.48. The van der Waals surface area contributed by atoms with Gasteiger partial charge in [-0.25, -0.2) is 15.0 Å². The van der Waals surface area contributed by atoms with Gasteiger partial charge in [-0.1, -0.05) is 30.3 Å². The van der Waals surface area contributed by atoms with Crippen LogP contribution in [0.1, 0.15) is 34.7 Å². The van der Waals surface area contributed by atoms with Crippen molar-refractivity contribution in [1.82, 2.24) is 24.4 Å². The molecule has 1 unspecified atom stereocenters. The molecular formula is C30H34N6O2S. The Balaban J connectivity index is 1.20. The van der Waals surface area contributed by atoms with Gasteiger partial charge < -0.3 is 18.9 Å². The predicted molar refractivity (Wildman–Crippen MR) is 154 cm³/mol. The van der Waals surface area contributed by atoms with Gasteiger partial charge in [0.25, 0.3) is 0 Å². The van der Waals surface area contributed by atoms with Crippen LogP contribution in [0.5, 0.6) is 0 Å². The smallest absolute Gasteiger partial charge is 0.229 e. The van der Waals surface area contributed by atoms with Crippen molar-refractivity contribution < 1.29 is 9.47 Å². The van der Waals surface area contributed by atoms with Crippen LogP contribution in [0.3, 0.4) is 0 Å². The highest BCUT2D eigenvalue weighted by molar-refractivity contribution is 7.15. The van der Waals surface area contributed by atoms with Crippen molar-refractivity contribution in [3.63, 3.8) is 0 Å². The Labute approximate surface area is 232 Å². The largest absolute Gasteiger partial charge is 0.462 e. The summed E-state index contributed by atoms with van der Waals surface area (Å²) in [7, 11) is 0. The molecular weight excluding hydrogens is 508 g/mol. The van der Waals surface area contributed by atoms with E-state index in [4.69, 9.17) is 24.4 Å². The molecule has 6 heterocycles. The van der Waals surface area contributed by atoms with Crippen molar-refractivity contribution in [2.45, 2.75) is 52.1 Å². The Hall–Kier alpha value is -3.43. The normalized spacial score (nSPS) is 18.5. The average Bonchev–Trinajstić information content (AvgIpc) is 3.70. The van der Waals surface area contributed by atoms with Crippen LogP contribution in [0.4, 0.5) is 5.82 Å². The van der Waals surface area contributed by atoms with Crippen LogP contribution in [0.2, 0.25) is 0 Å². The Morgan fingerprint density at radius 1 is 1.00 bits per heavy atom. The zero-order chi connectivity index (χ0) is 26.3. The van der Waals surface area contributed by atoms with Gasteiger partial charge in [-0.2, -0.15) is 0 Å². The molecule has 0 bridgehead atoms. The van der Waals surface area contributed by atoms with E-state index in [2.05, 4.69) is 58.5 Å². The number of hydrogen-bond donors (Lipinski definition) is 0. The summed E-state index contributed by atoms with van der Waals surface area (Å²) in [6, 6.07) is 10.8. The summed E-state index contributed by atoms with van der Waals surface area (Å²) in [6.07, 6.45) is 7.90. The molecule has 1 fully saturated rings. The summed E-state index contributed by atoms with van der Waals surface area (Å²) in [4.78, 5) is 21.0. The van der Waals surface area contributed by atoms with Gasteiger partial charge in [-0.15, -0.1) is 11.3 Å². The SMILES string of the molecule is Cc1nc(-c2c3n(c4c(N5CCN(C(Cc6ccccc6)C6=COCO6)CC5)ncnc24)CCCC3)sc1C. The van der Waals surface area contributed by atoms with Crippen LogP contribution in [0, 0.1) is 13.8 Å². The summed E-state index contributed by atoms with van der Waals surface area (Å²) in [5.74, 6) is 1.98. The van der Waals surface area contributed by atoms with Gasteiger partial charge in [-0.05, 0) is 45.1 Å². The van der Waals surface area contributed by atoms with E-state index in [0.29, 0.717) is 6.79 Å². The summed E-state index contributed by atoms with van der Waals surface area (Å²) in [5.41, 5.74) is 7.24. The standard InChI is InChI=1S/C30H34N6O2S/c1-20-21(2)39-30(33-20)26-23-10-6-7-11-36(23)28-27(26)31-18-32-29(28)35-14-12-34(13-15-35)24(25-17-37-19-38-25)16-22-8-4-3-5-9-22/h3-5,8-9,17-18,24H,6-7,10-16,19H2,1-2H3. The minimum Gasteiger partial charge on any atom is -0.462 e. The first-order chi connectivity index (χ1) is 19.2. The molecule has 9 heteroatoms. The summed E-state index contributed by atoms with van der Waals surface area (Å²) in [6.45, 7) is 9.23. The maximum atomic E-state index is 5.88. The number of aryl methyl sites for hydroxylation is 3. The third-order valence-corrected chi connectivity index (χ3v) is 9.45. The monoisotopic (exact) mass is 542 g/mol. The molecule has 4 aromatic rings.